The first-order chi connectivity index (χ1) is 13.5. The molecular formula is C23H34N2O3. The summed E-state index contributed by atoms with van der Waals surface area (Å²) in [7, 11) is 0. The van der Waals surface area contributed by atoms with Gasteiger partial charge in [-0.05, 0) is 42.2 Å². The fraction of sp³-hybridized carbons (Fsp3) is 0.522. The zero-order valence-electron chi connectivity index (χ0n) is 17.6. The van der Waals surface area contributed by atoms with Crippen molar-refractivity contribution in [3.63, 3.8) is 0 Å². The highest BCUT2D eigenvalue weighted by atomic mass is 16.7. The Morgan fingerprint density at radius 1 is 1.04 bits per heavy atom. The molecule has 2 rings (SSSR count). The molecule has 0 saturated heterocycles. The van der Waals surface area contributed by atoms with E-state index in [-0.39, 0.29) is 17.7 Å². The van der Waals surface area contributed by atoms with Crippen molar-refractivity contribution < 1.29 is 14.3 Å². The Labute approximate surface area is 168 Å². The number of hydrogen-bond acceptors (Lipinski definition) is 4. The van der Waals surface area contributed by atoms with Crippen LogP contribution in [0.25, 0.3) is 10.8 Å². The molecule has 0 fully saturated rings. The van der Waals surface area contributed by atoms with Gasteiger partial charge in [-0.1, -0.05) is 50.2 Å². The summed E-state index contributed by atoms with van der Waals surface area (Å²) in [5.41, 5.74) is 7.00. The molecule has 28 heavy (non-hydrogen) atoms. The predicted molar refractivity (Wildman–Crippen MR) is 114 cm³/mol. The second kappa shape index (κ2) is 11.1. The molecule has 0 bridgehead atoms. The van der Waals surface area contributed by atoms with Crippen LogP contribution in [0.5, 0.6) is 0 Å². The molecule has 0 aliphatic carbocycles. The maximum absolute atomic E-state index is 13.3. The standard InChI is InChI=1S/C23H34N2O3/c1-5-27-22(28-6-2)16-25(23(26)21(14-24)17(3)4)15-18-11-12-19-9-7-8-10-20(19)13-18/h7-13,17,21-22H,5-6,14-16,24H2,1-4H3/t21-/m0/s1. The largest absolute Gasteiger partial charge is 0.351 e. The van der Waals surface area contributed by atoms with Crippen molar-refractivity contribution in [3.05, 3.63) is 48.0 Å². The van der Waals surface area contributed by atoms with E-state index >= 15 is 0 Å². The zero-order chi connectivity index (χ0) is 20.5. The number of carbonyl (C=O) groups is 1. The van der Waals surface area contributed by atoms with Crippen molar-refractivity contribution in [3.8, 4) is 0 Å². The van der Waals surface area contributed by atoms with Crippen molar-refractivity contribution in [2.45, 2.75) is 40.5 Å². The van der Waals surface area contributed by atoms with Crippen LogP contribution in [0.2, 0.25) is 0 Å². The van der Waals surface area contributed by atoms with Crippen molar-refractivity contribution in [2.24, 2.45) is 17.6 Å². The van der Waals surface area contributed by atoms with Gasteiger partial charge in [0.25, 0.3) is 0 Å². The summed E-state index contributed by atoms with van der Waals surface area (Å²) in [6, 6.07) is 14.5. The molecule has 2 aromatic carbocycles. The molecule has 0 unspecified atom stereocenters. The Balaban J connectivity index is 2.28. The van der Waals surface area contributed by atoms with Gasteiger partial charge in [0.15, 0.2) is 6.29 Å². The second-order valence-electron chi connectivity index (χ2n) is 7.33. The number of nitrogens with two attached hydrogens (primary N) is 1. The summed E-state index contributed by atoms with van der Waals surface area (Å²) in [5, 5.41) is 2.35. The van der Waals surface area contributed by atoms with Gasteiger partial charge in [-0.15, -0.1) is 0 Å². The lowest BCUT2D eigenvalue weighted by Gasteiger charge is -2.31. The van der Waals surface area contributed by atoms with Crippen LogP contribution in [0, 0.1) is 11.8 Å². The molecule has 154 valence electrons. The summed E-state index contributed by atoms with van der Waals surface area (Å²) in [5.74, 6) is 0.00802. The summed E-state index contributed by atoms with van der Waals surface area (Å²) in [6.45, 7) is 10.2. The minimum atomic E-state index is -0.440. The van der Waals surface area contributed by atoms with E-state index in [1.807, 2.05) is 44.7 Å². The first-order valence-corrected chi connectivity index (χ1v) is 10.2. The van der Waals surface area contributed by atoms with Crippen LogP contribution in [0.1, 0.15) is 33.3 Å². The molecular weight excluding hydrogens is 352 g/mol. The smallest absolute Gasteiger partial charge is 0.227 e. The lowest BCUT2D eigenvalue weighted by molar-refractivity contribution is -0.162. The molecule has 5 nitrogen and oxygen atoms in total. The van der Waals surface area contributed by atoms with Gasteiger partial charge in [-0.25, -0.2) is 0 Å². The van der Waals surface area contributed by atoms with Crippen LogP contribution in [-0.2, 0) is 20.8 Å². The third-order valence-corrected chi connectivity index (χ3v) is 4.95. The lowest BCUT2D eigenvalue weighted by Crippen LogP contribution is -2.45. The van der Waals surface area contributed by atoms with Gasteiger partial charge >= 0.3 is 0 Å². The van der Waals surface area contributed by atoms with E-state index in [2.05, 4.69) is 30.3 Å². The van der Waals surface area contributed by atoms with Crippen LogP contribution < -0.4 is 5.73 Å². The quantitative estimate of drug-likeness (QED) is 0.597. The van der Waals surface area contributed by atoms with Gasteiger partial charge in [-0.2, -0.15) is 0 Å². The Morgan fingerprint density at radius 2 is 1.68 bits per heavy atom. The Kier molecular flexibility index (Phi) is 8.90. The molecule has 0 heterocycles. The number of benzene rings is 2. The number of amides is 1. The number of ether oxygens (including phenoxy) is 2. The van der Waals surface area contributed by atoms with Crippen molar-refractivity contribution in [1.82, 2.24) is 4.90 Å². The highest BCUT2D eigenvalue weighted by molar-refractivity contribution is 5.83. The van der Waals surface area contributed by atoms with Gasteiger partial charge in [0, 0.05) is 26.3 Å². The molecule has 0 spiro atoms. The van der Waals surface area contributed by atoms with E-state index in [1.54, 1.807) is 0 Å². The van der Waals surface area contributed by atoms with E-state index in [0.717, 1.165) is 10.9 Å². The van der Waals surface area contributed by atoms with Crippen molar-refractivity contribution in [2.75, 3.05) is 26.3 Å². The summed E-state index contributed by atoms with van der Waals surface area (Å²) >= 11 is 0. The normalized spacial score (nSPS) is 12.7. The summed E-state index contributed by atoms with van der Waals surface area (Å²) < 4.78 is 11.4. The van der Waals surface area contributed by atoms with E-state index in [9.17, 15) is 4.79 Å². The number of carbonyl (C=O) groups excluding carboxylic acids is 1. The van der Waals surface area contributed by atoms with Gasteiger partial charge in [0.05, 0.1) is 12.5 Å². The summed E-state index contributed by atoms with van der Waals surface area (Å²) in [4.78, 5) is 15.1. The Hall–Kier alpha value is -1.95. The van der Waals surface area contributed by atoms with E-state index < -0.39 is 6.29 Å². The molecule has 2 aromatic rings. The van der Waals surface area contributed by atoms with Crippen LogP contribution in [0.15, 0.2) is 42.5 Å². The Morgan fingerprint density at radius 3 is 2.25 bits per heavy atom. The predicted octanol–water partition coefficient (Wildman–Crippen LogP) is 3.80. The molecule has 1 atom stereocenters. The third-order valence-electron chi connectivity index (χ3n) is 4.95. The fourth-order valence-corrected chi connectivity index (χ4v) is 3.39. The fourth-order valence-electron chi connectivity index (χ4n) is 3.39. The number of rotatable bonds is 11. The number of nitrogens with zero attached hydrogens (tertiary/aromatic N) is 1. The molecule has 0 saturated carbocycles. The van der Waals surface area contributed by atoms with Gasteiger partial charge in [0.1, 0.15) is 0 Å². The van der Waals surface area contributed by atoms with Crippen LogP contribution >= 0.6 is 0 Å². The number of hydrogen-bond donors (Lipinski definition) is 1. The van der Waals surface area contributed by atoms with Crippen LogP contribution in [-0.4, -0.2) is 43.4 Å². The monoisotopic (exact) mass is 386 g/mol. The molecule has 2 N–H and O–H groups in total. The Bertz CT molecular complexity index is 741. The minimum absolute atomic E-state index is 0.0510. The zero-order valence-corrected chi connectivity index (χ0v) is 17.6. The maximum atomic E-state index is 13.3. The van der Waals surface area contributed by atoms with E-state index in [0.29, 0.717) is 32.8 Å². The minimum Gasteiger partial charge on any atom is -0.351 e. The molecule has 0 aliphatic heterocycles. The van der Waals surface area contributed by atoms with Crippen LogP contribution in [0.4, 0.5) is 0 Å². The molecule has 1 amide bonds. The first-order valence-electron chi connectivity index (χ1n) is 10.2. The number of fused-ring (bicyclic) bond motifs is 1. The SMILES string of the molecule is CCOC(CN(Cc1ccc2ccccc2c1)C(=O)[C@@H](CN)C(C)C)OCC. The average molecular weight is 387 g/mol. The van der Waals surface area contributed by atoms with Crippen LogP contribution in [0.3, 0.4) is 0 Å². The molecule has 0 aromatic heterocycles. The first kappa shape index (κ1) is 22.3. The molecule has 0 aliphatic rings. The van der Waals surface area contributed by atoms with Gasteiger partial charge in [0.2, 0.25) is 5.91 Å². The molecule has 0 radical (unpaired) electrons. The van der Waals surface area contributed by atoms with Crippen molar-refractivity contribution in [1.29, 1.82) is 0 Å². The van der Waals surface area contributed by atoms with Crippen molar-refractivity contribution >= 4 is 16.7 Å². The van der Waals surface area contributed by atoms with E-state index in [1.165, 1.54) is 5.39 Å². The summed E-state index contributed by atoms with van der Waals surface area (Å²) in [6.07, 6.45) is -0.440. The third kappa shape index (κ3) is 6.03. The maximum Gasteiger partial charge on any atom is 0.227 e. The second-order valence-corrected chi connectivity index (χ2v) is 7.33. The van der Waals surface area contributed by atoms with Gasteiger partial charge in [-0.3, -0.25) is 4.79 Å². The van der Waals surface area contributed by atoms with Gasteiger partial charge < -0.3 is 20.1 Å². The van der Waals surface area contributed by atoms with E-state index in [4.69, 9.17) is 15.2 Å². The topological polar surface area (TPSA) is 64.8 Å². The average Bonchev–Trinajstić information content (AvgIpc) is 2.68. The molecule has 5 heteroatoms. The highest BCUT2D eigenvalue weighted by Crippen LogP contribution is 2.20. The highest BCUT2D eigenvalue weighted by Gasteiger charge is 2.28. The lowest BCUT2D eigenvalue weighted by atomic mass is 9.94.